The largest absolute Gasteiger partial charge is 0.492 e. The average Bonchev–Trinajstić information content (AvgIpc) is 3.43. The highest BCUT2D eigenvalue weighted by atomic mass is 32.2. The number of carbonyl (C=O) groups excluding carboxylic acids is 2. The zero-order valence-corrected chi connectivity index (χ0v) is 26.5. The van der Waals surface area contributed by atoms with Gasteiger partial charge in [-0.1, -0.05) is 44.9 Å². The highest BCUT2D eigenvalue weighted by Crippen LogP contribution is 2.40. The van der Waals surface area contributed by atoms with Crippen LogP contribution >= 0.6 is 23.3 Å². The number of anilines is 4. The molecule has 0 spiro atoms. The predicted octanol–water partition coefficient (Wildman–Crippen LogP) is 6.46. The van der Waals surface area contributed by atoms with Gasteiger partial charge >= 0.3 is 0 Å². The molecule has 4 N–H and O–H groups in total. The lowest BCUT2D eigenvalue weighted by Gasteiger charge is -2.27. The van der Waals surface area contributed by atoms with E-state index in [0.717, 1.165) is 34.4 Å². The van der Waals surface area contributed by atoms with Crippen LogP contribution in [0.4, 0.5) is 22.9 Å². The number of hydrogen-bond donors (Lipinski definition) is 4. The normalized spacial score (nSPS) is 13.9. The quantitative estimate of drug-likeness (QED) is 0.157. The van der Waals surface area contributed by atoms with Crippen molar-refractivity contribution in [3.63, 3.8) is 0 Å². The summed E-state index contributed by atoms with van der Waals surface area (Å²) in [6.07, 6.45) is 3.48. The molecule has 0 radical (unpaired) electrons. The van der Waals surface area contributed by atoms with E-state index in [0.29, 0.717) is 46.6 Å². The number of carbonyl (C=O) groups is 2. The summed E-state index contributed by atoms with van der Waals surface area (Å²) in [4.78, 5) is 31.5. The molecule has 3 heterocycles. The number of hydrogen-bond acceptors (Lipinski definition) is 10. The number of hydrazine groups is 1. The Morgan fingerprint density at radius 1 is 1.00 bits per heavy atom. The van der Waals surface area contributed by atoms with Gasteiger partial charge in [0, 0.05) is 25.5 Å². The summed E-state index contributed by atoms with van der Waals surface area (Å²) in [5.41, 5.74) is 6.59. The third-order valence-electron chi connectivity index (χ3n) is 6.94. The summed E-state index contributed by atoms with van der Waals surface area (Å²) >= 11 is 2.77. The number of morpholine rings is 1. The van der Waals surface area contributed by atoms with E-state index in [-0.39, 0.29) is 17.2 Å². The van der Waals surface area contributed by atoms with Gasteiger partial charge in [-0.25, -0.2) is 9.99 Å². The smallest absolute Gasteiger partial charge is 0.265 e. The van der Waals surface area contributed by atoms with Crippen LogP contribution in [-0.2, 0) is 10.2 Å². The molecule has 4 aromatic rings. The highest BCUT2D eigenvalue weighted by molar-refractivity contribution is 7.99. The Bertz CT molecular complexity index is 1610. The zero-order valence-electron chi connectivity index (χ0n) is 24.9. The van der Waals surface area contributed by atoms with E-state index in [9.17, 15) is 9.59 Å². The van der Waals surface area contributed by atoms with E-state index in [1.54, 1.807) is 25.4 Å². The average molecular weight is 621 g/mol. The fourth-order valence-electron chi connectivity index (χ4n) is 4.64. The van der Waals surface area contributed by atoms with Crippen molar-refractivity contribution >= 4 is 68.1 Å². The lowest BCUT2D eigenvalue weighted by atomic mass is 9.86. The summed E-state index contributed by atoms with van der Waals surface area (Å²) in [5.74, 6) is 0.681. The molecule has 1 saturated heterocycles. The molecular weight excluding hydrogens is 585 g/mol. The van der Waals surface area contributed by atoms with Crippen LogP contribution in [0.3, 0.4) is 0 Å². The Hall–Kier alpha value is -3.84. The second kappa shape index (κ2) is 13.2. The number of nitrogens with zero attached hydrogens (tertiary/aromatic N) is 2. The molecule has 1 fully saturated rings. The number of benzene rings is 2. The van der Waals surface area contributed by atoms with Gasteiger partial charge in [0.2, 0.25) is 0 Å². The minimum atomic E-state index is -0.283. The SMILES string of the molecule is COc1c(NSC)cc(C(C)(C)C)cc1NC(=O)c1cc2cccc(NC(=O)c3ccc(NN4CCOCC4)nc3)c2s1. The van der Waals surface area contributed by atoms with Crippen LogP contribution < -0.4 is 25.5 Å². The van der Waals surface area contributed by atoms with Crippen molar-refractivity contribution in [3.05, 3.63) is 70.7 Å². The number of fused-ring (bicyclic) bond motifs is 1. The maximum Gasteiger partial charge on any atom is 0.265 e. The topological polar surface area (TPSA) is 117 Å². The van der Waals surface area contributed by atoms with E-state index in [1.807, 2.05) is 47.7 Å². The zero-order chi connectivity index (χ0) is 30.6. The van der Waals surface area contributed by atoms with Gasteiger partial charge in [-0.2, -0.15) is 0 Å². The maximum absolute atomic E-state index is 13.5. The summed E-state index contributed by atoms with van der Waals surface area (Å²) in [6, 6.07) is 15.0. The number of aromatic nitrogens is 1. The number of ether oxygens (including phenoxy) is 2. The molecule has 0 unspecified atom stereocenters. The third-order valence-corrected chi connectivity index (χ3v) is 8.55. The molecule has 12 heteroatoms. The van der Waals surface area contributed by atoms with Gasteiger partial charge in [0.05, 0.1) is 52.5 Å². The van der Waals surface area contributed by atoms with Gasteiger partial charge in [-0.05, 0) is 52.8 Å². The van der Waals surface area contributed by atoms with E-state index in [1.165, 1.54) is 23.3 Å². The van der Waals surface area contributed by atoms with E-state index < -0.39 is 0 Å². The summed E-state index contributed by atoms with van der Waals surface area (Å²) in [5, 5.41) is 8.94. The van der Waals surface area contributed by atoms with Crippen molar-refractivity contribution in [2.75, 3.05) is 60.5 Å². The molecule has 2 aromatic carbocycles. The van der Waals surface area contributed by atoms with Gasteiger partial charge in [0.25, 0.3) is 11.8 Å². The van der Waals surface area contributed by atoms with Crippen LogP contribution in [-0.4, -0.2) is 61.5 Å². The van der Waals surface area contributed by atoms with Crippen LogP contribution in [0.5, 0.6) is 5.75 Å². The molecule has 0 saturated carbocycles. The molecule has 10 nitrogen and oxygen atoms in total. The first-order valence-electron chi connectivity index (χ1n) is 13.9. The molecule has 5 rings (SSSR count). The molecule has 43 heavy (non-hydrogen) atoms. The minimum absolute atomic E-state index is 0.138. The fraction of sp³-hybridized carbons (Fsp3) is 0.323. The van der Waals surface area contributed by atoms with Crippen molar-refractivity contribution in [1.82, 2.24) is 9.99 Å². The first-order chi connectivity index (χ1) is 20.7. The first kappa shape index (κ1) is 30.6. The number of thiophene rings is 1. The number of pyridine rings is 1. The van der Waals surface area contributed by atoms with Crippen LogP contribution in [0.2, 0.25) is 0 Å². The van der Waals surface area contributed by atoms with Crippen molar-refractivity contribution in [2.45, 2.75) is 26.2 Å². The lowest BCUT2D eigenvalue weighted by molar-refractivity contribution is 0.0495. The first-order valence-corrected chi connectivity index (χ1v) is 15.9. The Balaban J connectivity index is 1.34. The van der Waals surface area contributed by atoms with Crippen molar-refractivity contribution in [3.8, 4) is 5.75 Å². The number of nitrogens with one attached hydrogen (secondary N) is 4. The van der Waals surface area contributed by atoms with Gasteiger partial charge < -0.3 is 30.3 Å². The van der Waals surface area contributed by atoms with Crippen LogP contribution in [0, 0.1) is 0 Å². The summed E-state index contributed by atoms with van der Waals surface area (Å²) in [6.45, 7) is 9.23. The van der Waals surface area contributed by atoms with Crippen molar-refractivity contribution in [2.24, 2.45) is 0 Å². The maximum atomic E-state index is 13.5. The predicted molar refractivity (Wildman–Crippen MR) is 177 cm³/mol. The number of rotatable bonds is 9. The molecule has 2 aromatic heterocycles. The molecule has 0 aliphatic carbocycles. The molecular formula is C31H36N6O4S2. The summed E-state index contributed by atoms with van der Waals surface area (Å²) in [7, 11) is 1.59. The number of amides is 2. The Morgan fingerprint density at radius 3 is 2.42 bits per heavy atom. The van der Waals surface area contributed by atoms with Gasteiger partial charge in [0.1, 0.15) is 5.82 Å². The molecule has 0 atom stereocenters. The van der Waals surface area contributed by atoms with Crippen molar-refractivity contribution in [1.29, 1.82) is 0 Å². The monoisotopic (exact) mass is 620 g/mol. The standard InChI is InChI=1S/C31H36N6O4S2/c1-31(2,3)21-16-23(27(40-4)24(17-21)36-42-5)34-30(39)25-15-19-7-6-8-22(28(19)43-25)33-29(38)20-9-10-26(32-18-20)35-37-11-13-41-14-12-37/h6-10,15-18,36H,11-14H2,1-5H3,(H,32,35)(H,33,38)(H,34,39). The van der Waals surface area contributed by atoms with Crippen LogP contribution in [0.1, 0.15) is 46.4 Å². The third kappa shape index (κ3) is 7.21. The molecule has 2 amide bonds. The second-order valence-corrected chi connectivity index (χ2v) is 12.7. The fourth-order valence-corrected chi connectivity index (χ4v) is 6.04. The summed E-state index contributed by atoms with van der Waals surface area (Å²) < 4.78 is 15.1. The Labute approximate surface area is 259 Å². The number of methoxy groups -OCH3 is 1. The minimum Gasteiger partial charge on any atom is -0.492 e. The lowest BCUT2D eigenvalue weighted by Crippen LogP contribution is -2.40. The molecule has 0 bridgehead atoms. The van der Waals surface area contributed by atoms with Crippen LogP contribution in [0.25, 0.3) is 10.1 Å². The van der Waals surface area contributed by atoms with E-state index in [4.69, 9.17) is 9.47 Å². The Kier molecular flexibility index (Phi) is 9.40. The molecule has 1 aliphatic heterocycles. The Morgan fingerprint density at radius 2 is 1.74 bits per heavy atom. The molecule has 226 valence electrons. The molecule has 1 aliphatic rings. The van der Waals surface area contributed by atoms with Crippen LogP contribution in [0.15, 0.2) is 54.7 Å². The van der Waals surface area contributed by atoms with Crippen molar-refractivity contribution < 1.29 is 19.1 Å². The van der Waals surface area contributed by atoms with Gasteiger partial charge in [-0.15, -0.1) is 11.3 Å². The van der Waals surface area contributed by atoms with E-state index in [2.05, 4.69) is 46.5 Å². The van der Waals surface area contributed by atoms with E-state index >= 15 is 0 Å². The second-order valence-electron chi connectivity index (χ2n) is 11.0. The van der Waals surface area contributed by atoms with Gasteiger partial charge in [-0.3, -0.25) is 9.59 Å². The highest BCUT2D eigenvalue weighted by Gasteiger charge is 2.22. The van der Waals surface area contributed by atoms with Gasteiger partial charge in [0.15, 0.2) is 5.75 Å².